The molecule has 4 aromatic rings. The molecular formula is C25H23N5O2. The number of nitrogens with one attached hydrogen (secondary N) is 2. The molecule has 0 spiro atoms. The minimum absolute atomic E-state index is 0.140. The van der Waals surface area contributed by atoms with Crippen LogP contribution in [0.15, 0.2) is 85.2 Å². The summed E-state index contributed by atoms with van der Waals surface area (Å²) in [6.07, 6.45) is 1.33. The fourth-order valence-corrected chi connectivity index (χ4v) is 3.55. The van der Waals surface area contributed by atoms with E-state index < -0.39 is 4.92 Å². The lowest BCUT2D eigenvalue weighted by Gasteiger charge is -2.21. The van der Waals surface area contributed by atoms with E-state index in [1.54, 1.807) is 0 Å². The number of aromatic nitrogens is 2. The highest BCUT2D eigenvalue weighted by molar-refractivity contribution is 5.75. The van der Waals surface area contributed by atoms with E-state index in [2.05, 4.69) is 20.6 Å². The molecule has 0 aliphatic carbocycles. The molecule has 1 aromatic heterocycles. The molecule has 0 aliphatic rings. The van der Waals surface area contributed by atoms with E-state index in [1.807, 2.05) is 92.7 Å². The molecule has 2 N–H and O–H groups in total. The average molecular weight is 425 g/mol. The summed E-state index contributed by atoms with van der Waals surface area (Å²) in [5.41, 5.74) is 4.58. The van der Waals surface area contributed by atoms with Crippen molar-refractivity contribution in [1.29, 1.82) is 0 Å². The summed E-state index contributed by atoms with van der Waals surface area (Å²) in [5.74, 6) is 0.289. The van der Waals surface area contributed by atoms with Crippen LogP contribution in [0.1, 0.15) is 28.3 Å². The molecule has 3 aromatic carbocycles. The van der Waals surface area contributed by atoms with Crippen LogP contribution in [-0.4, -0.2) is 14.9 Å². The van der Waals surface area contributed by atoms with E-state index in [-0.39, 0.29) is 23.4 Å². The Morgan fingerprint density at radius 3 is 2.00 bits per heavy atom. The van der Waals surface area contributed by atoms with Gasteiger partial charge in [-0.25, -0.2) is 9.97 Å². The van der Waals surface area contributed by atoms with Crippen molar-refractivity contribution in [3.05, 3.63) is 118 Å². The highest BCUT2D eigenvalue weighted by Gasteiger charge is 2.26. The first kappa shape index (κ1) is 21.0. The van der Waals surface area contributed by atoms with Crippen molar-refractivity contribution in [1.82, 2.24) is 9.97 Å². The normalized spacial score (nSPS) is 10.7. The molecule has 0 saturated carbocycles. The van der Waals surface area contributed by atoms with E-state index >= 15 is 0 Å². The lowest BCUT2D eigenvalue weighted by molar-refractivity contribution is -0.383. The first-order chi connectivity index (χ1) is 15.5. The minimum Gasteiger partial charge on any atom is -0.353 e. The average Bonchev–Trinajstić information content (AvgIpc) is 2.81. The van der Waals surface area contributed by atoms with E-state index in [9.17, 15) is 10.1 Å². The molecule has 32 heavy (non-hydrogen) atoms. The summed E-state index contributed by atoms with van der Waals surface area (Å²) < 4.78 is 0. The Morgan fingerprint density at radius 1 is 0.812 bits per heavy atom. The van der Waals surface area contributed by atoms with Crippen molar-refractivity contribution in [3.63, 3.8) is 0 Å². The van der Waals surface area contributed by atoms with Crippen molar-refractivity contribution in [3.8, 4) is 0 Å². The number of aryl methyl sites for hydroxylation is 1. The number of hydrogen-bond acceptors (Lipinski definition) is 6. The first-order valence-corrected chi connectivity index (χ1v) is 10.2. The largest absolute Gasteiger partial charge is 0.353 e. The number of benzene rings is 3. The Morgan fingerprint density at radius 2 is 1.41 bits per heavy atom. The molecule has 0 radical (unpaired) electrons. The summed E-state index contributed by atoms with van der Waals surface area (Å²) in [7, 11) is 0. The van der Waals surface area contributed by atoms with Crippen molar-refractivity contribution in [2.75, 3.05) is 10.6 Å². The standard InChI is InChI=1S/C25H23N5O2/c1-17-10-9-15-21(18(17)2)28-24-23(30(31)32)25(27-16-26-24)29-22(19-11-5-3-6-12-19)20-13-7-4-8-14-20/h3-16,22H,1-2H3,(H2,26,27,28,29). The van der Waals surface area contributed by atoms with Crippen LogP contribution in [0.4, 0.5) is 23.0 Å². The predicted octanol–water partition coefficient (Wildman–Crippen LogP) is 5.95. The zero-order valence-corrected chi connectivity index (χ0v) is 17.8. The second kappa shape index (κ2) is 9.26. The highest BCUT2D eigenvalue weighted by atomic mass is 16.6. The quantitative estimate of drug-likeness (QED) is 0.281. The van der Waals surface area contributed by atoms with Crippen LogP contribution in [0.3, 0.4) is 0 Å². The van der Waals surface area contributed by atoms with E-state index in [0.717, 1.165) is 27.9 Å². The third kappa shape index (κ3) is 4.41. The fourth-order valence-electron chi connectivity index (χ4n) is 3.55. The van der Waals surface area contributed by atoms with Crippen LogP contribution < -0.4 is 10.6 Å². The van der Waals surface area contributed by atoms with Gasteiger partial charge >= 0.3 is 5.69 Å². The highest BCUT2D eigenvalue weighted by Crippen LogP contribution is 2.35. The maximum atomic E-state index is 12.1. The third-order valence-corrected chi connectivity index (χ3v) is 5.41. The molecule has 0 fully saturated rings. The lowest BCUT2D eigenvalue weighted by Crippen LogP contribution is -2.15. The zero-order valence-electron chi connectivity index (χ0n) is 17.8. The summed E-state index contributed by atoms with van der Waals surface area (Å²) in [6.45, 7) is 3.96. The number of hydrogen-bond donors (Lipinski definition) is 2. The van der Waals surface area contributed by atoms with Gasteiger partial charge in [0.15, 0.2) is 0 Å². The van der Waals surface area contributed by atoms with E-state index in [1.165, 1.54) is 6.33 Å². The van der Waals surface area contributed by atoms with Crippen molar-refractivity contribution < 1.29 is 4.92 Å². The van der Waals surface area contributed by atoms with Gasteiger partial charge in [-0.3, -0.25) is 10.1 Å². The summed E-state index contributed by atoms with van der Waals surface area (Å²) in [4.78, 5) is 20.0. The monoisotopic (exact) mass is 425 g/mol. The van der Waals surface area contributed by atoms with Crippen LogP contribution in [0, 0.1) is 24.0 Å². The van der Waals surface area contributed by atoms with Gasteiger partial charge in [-0.2, -0.15) is 0 Å². The van der Waals surface area contributed by atoms with Gasteiger partial charge in [-0.05, 0) is 42.2 Å². The van der Waals surface area contributed by atoms with Gasteiger partial charge in [0.1, 0.15) is 6.33 Å². The summed E-state index contributed by atoms with van der Waals surface area (Å²) >= 11 is 0. The Kier molecular flexibility index (Phi) is 6.07. The van der Waals surface area contributed by atoms with Gasteiger partial charge in [0.05, 0.1) is 11.0 Å². The number of nitro groups is 1. The van der Waals surface area contributed by atoms with Crippen LogP contribution >= 0.6 is 0 Å². The van der Waals surface area contributed by atoms with Crippen molar-refractivity contribution >= 4 is 23.0 Å². The van der Waals surface area contributed by atoms with Crippen molar-refractivity contribution in [2.45, 2.75) is 19.9 Å². The molecule has 160 valence electrons. The lowest BCUT2D eigenvalue weighted by atomic mass is 9.99. The smallest absolute Gasteiger partial charge is 0.353 e. The van der Waals surface area contributed by atoms with E-state index in [4.69, 9.17) is 0 Å². The van der Waals surface area contributed by atoms with Gasteiger partial charge in [0.25, 0.3) is 0 Å². The fraction of sp³-hybridized carbons (Fsp3) is 0.120. The number of nitrogens with zero attached hydrogens (tertiary/aromatic N) is 3. The first-order valence-electron chi connectivity index (χ1n) is 10.2. The molecular weight excluding hydrogens is 402 g/mol. The maximum absolute atomic E-state index is 12.1. The van der Waals surface area contributed by atoms with Crippen LogP contribution in [0.5, 0.6) is 0 Å². The zero-order chi connectivity index (χ0) is 22.5. The van der Waals surface area contributed by atoms with E-state index in [0.29, 0.717) is 0 Å². The number of anilines is 3. The molecule has 7 heteroatoms. The van der Waals surface area contributed by atoms with Gasteiger partial charge in [0.2, 0.25) is 11.6 Å². The third-order valence-electron chi connectivity index (χ3n) is 5.41. The molecule has 0 aliphatic heterocycles. The summed E-state index contributed by atoms with van der Waals surface area (Å²) in [5, 5.41) is 18.5. The molecule has 0 unspecified atom stereocenters. The second-order valence-electron chi connectivity index (χ2n) is 7.45. The Balaban J connectivity index is 1.76. The molecule has 0 bridgehead atoms. The Bertz CT molecular complexity index is 1190. The van der Waals surface area contributed by atoms with Gasteiger partial charge < -0.3 is 10.6 Å². The molecule has 0 amide bonds. The molecule has 7 nitrogen and oxygen atoms in total. The molecule has 0 atom stereocenters. The topological polar surface area (TPSA) is 93.0 Å². The van der Waals surface area contributed by atoms with Crippen LogP contribution in [0.25, 0.3) is 0 Å². The van der Waals surface area contributed by atoms with Crippen LogP contribution in [0.2, 0.25) is 0 Å². The minimum atomic E-state index is -0.456. The predicted molar refractivity (Wildman–Crippen MR) is 126 cm³/mol. The maximum Gasteiger partial charge on any atom is 0.353 e. The Labute approximate surface area is 186 Å². The van der Waals surface area contributed by atoms with Crippen LogP contribution in [-0.2, 0) is 0 Å². The van der Waals surface area contributed by atoms with Crippen molar-refractivity contribution in [2.24, 2.45) is 0 Å². The Hall–Kier alpha value is -4.26. The molecule has 0 saturated heterocycles. The van der Waals surface area contributed by atoms with Gasteiger partial charge in [-0.15, -0.1) is 0 Å². The van der Waals surface area contributed by atoms with Gasteiger partial charge in [-0.1, -0.05) is 72.8 Å². The SMILES string of the molecule is Cc1cccc(Nc2ncnc(NC(c3ccccc3)c3ccccc3)c2[N+](=O)[O-])c1C. The molecule has 4 rings (SSSR count). The number of rotatable bonds is 7. The summed E-state index contributed by atoms with van der Waals surface area (Å²) in [6, 6.07) is 25.0. The van der Waals surface area contributed by atoms with Gasteiger partial charge in [0, 0.05) is 5.69 Å². The second-order valence-corrected chi connectivity index (χ2v) is 7.45. The molecule has 1 heterocycles.